The Hall–Kier alpha value is -2.47. The fourth-order valence-corrected chi connectivity index (χ4v) is 5.02. The van der Waals surface area contributed by atoms with Crippen LogP contribution in [-0.4, -0.2) is 39.0 Å². The molecule has 26 heavy (non-hydrogen) atoms. The topological polar surface area (TPSA) is 55.3 Å². The average molecular weight is 365 g/mol. The van der Waals surface area contributed by atoms with Crippen molar-refractivity contribution >= 4 is 27.5 Å². The zero-order valence-electron chi connectivity index (χ0n) is 14.2. The first kappa shape index (κ1) is 15.8. The third-order valence-corrected chi connectivity index (χ3v) is 6.25. The molecular weight excluding hydrogens is 346 g/mol. The molecule has 4 heterocycles. The lowest BCUT2D eigenvalue weighted by Crippen LogP contribution is -2.49. The molecule has 3 aromatic rings. The van der Waals surface area contributed by atoms with Crippen LogP contribution in [0.15, 0.2) is 48.2 Å². The number of piperidine rings is 1. The van der Waals surface area contributed by atoms with Crippen molar-refractivity contribution in [3.05, 3.63) is 53.8 Å². The van der Waals surface area contributed by atoms with Gasteiger partial charge in [-0.1, -0.05) is 0 Å². The lowest BCUT2D eigenvalue weighted by molar-refractivity contribution is 0.0359. The molecule has 2 bridgehead atoms. The second-order valence-corrected chi connectivity index (χ2v) is 7.91. The minimum atomic E-state index is 0.148. The Bertz CT molecular complexity index is 928. The SMILES string of the molecule is O=C(c1ccc2ncsc2c1)N1C2CCC1CC(Oc1ccncc1)C2. The Balaban J connectivity index is 1.34. The van der Waals surface area contributed by atoms with Crippen molar-refractivity contribution in [3.8, 4) is 5.75 Å². The summed E-state index contributed by atoms with van der Waals surface area (Å²) in [7, 11) is 0. The monoisotopic (exact) mass is 365 g/mol. The zero-order valence-corrected chi connectivity index (χ0v) is 15.1. The Kier molecular flexibility index (Phi) is 3.85. The van der Waals surface area contributed by atoms with E-state index < -0.39 is 0 Å². The smallest absolute Gasteiger partial charge is 0.254 e. The molecule has 5 nitrogen and oxygen atoms in total. The fraction of sp³-hybridized carbons (Fsp3) is 0.350. The molecule has 0 radical (unpaired) electrons. The van der Waals surface area contributed by atoms with Gasteiger partial charge in [0.05, 0.1) is 15.7 Å². The van der Waals surface area contributed by atoms with Crippen LogP contribution in [0.3, 0.4) is 0 Å². The molecule has 0 aliphatic carbocycles. The molecule has 2 atom stereocenters. The fourth-order valence-electron chi connectivity index (χ4n) is 4.30. The number of hydrogen-bond acceptors (Lipinski definition) is 5. The number of benzene rings is 1. The first-order valence-electron chi connectivity index (χ1n) is 9.00. The standard InChI is InChI=1S/C20H19N3O2S/c24-20(13-1-4-18-19(9-13)26-12-22-18)23-14-2-3-15(23)11-17(10-14)25-16-5-7-21-8-6-16/h1,4-9,12,14-15,17H,2-3,10-11H2. The summed E-state index contributed by atoms with van der Waals surface area (Å²) in [6, 6.07) is 10.2. The normalized spacial score (nSPS) is 24.8. The summed E-state index contributed by atoms with van der Waals surface area (Å²) in [6.07, 6.45) is 7.59. The van der Waals surface area contributed by atoms with Crippen LogP contribution in [0.5, 0.6) is 5.75 Å². The highest BCUT2D eigenvalue weighted by atomic mass is 32.1. The van der Waals surface area contributed by atoms with Gasteiger partial charge in [-0.3, -0.25) is 9.78 Å². The maximum absolute atomic E-state index is 13.2. The molecule has 2 aliphatic heterocycles. The molecule has 2 saturated heterocycles. The Morgan fingerprint density at radius 1 is 1.12 bits per heavy atom. The summed E-state index contributed by atoms with van der Waals surface area (Å²) in [5.74, 6) is 1.01. The van der Waals surface area contributed by atoms with Gasteiger partial charge < -0.3 is 9.64 Å². The maximum Gasteiger partial charge on any atom is 0.254 e. The molecule has 1 amide bonds. The lowest BCUT2D eigenvalue weighted by Gasteiger charge is -2.39. The molecule has 6 heteroatoms. The summed E-state index contributed by atoms with van der Waals surface area (Å²) in [6.45, 7) is 0. The highest BCUT2D eigenvalue weighted by molar-refractivity contribution is 7.16. The largest absolute Gasteiger partial charge is 0.490 e. The van der Waals surface area contributed by atoms with Gasteiger partial charge in [0.25, 0.3) is 5.91 Å². The molecule has 0 spiro atoms. The second-order valence-electron chi connectivity index (χ2n) is 7.03. The molecule has 0 N–H and O–H groups in total. The van der Waals surface area contributed by atoms with E-state index in [1.165, 1.54) is 0 Å². The van der Waals surface area contributed by atoms with E-state index in [0.29, 0.717) is 0 Å². The number of amides is 1. The quantitative estimate of drug-likeness (QED) is 0.706. The van der Waals surface area contributed by atoms with Crippen molar-refractivity contribution in [2.24, 2.45) is 0 Å². The summed E-state index contributed by atoms with van der Waals surface area (Å²) >= 11 is 1.58. The minimum Gasteiger partial charge on any atom is -0.490 e. The molecule has 2 aliphatic rings. The Morgan fingerprint density at radius 3 is 2.65 bits per heavy atom. The molecule has 2 unspecified atom stereocenters. The van der Waals surface area contributed by atoms with E-state index in [1.807, 2.05) is 35.8 Å². The Morgan fingerprint density at radius 2 is 1.88 bits per heavy atom. The number of pyridine rings is 1. The van der Waals surface area contributed by atoms with Gasteiger partial charge in [0.15, 0.2) is 0 Å². The number of aromatic nitrogens is 2. The van der Waals surface area contributed by atoms with Gasteiger partial charge in [-0.2, -0.15) is 0 Å². The number of rotatable bonds is 3. The number of ether oxygens (including phenoxy) is 1. The summed E-state index contributed by atoms with van der Waals surface area (Å²) in [5.41, 5.74) is 3.55. The first-order chi connectivity index (χ1) is 12.8. The first-order valence-corrected chi connectivity index (χ1v) is 9.88. The van der Waals surface area contributed by atoms with Crippen molar-refractivity contribution < 1.29 is 9.53 Å². The third-order valence-electron chi connectivity index (χ3n) is 5.46. The predicted molar refractivity (Wildman–Crippen MR) is 100 cm³/mol. The van der Waals surface area contributed by atoms with Crippen LogP contribution in [0.25, 0.3) is 10.2 Å². The van der Waals surface area contributed by atoms with Crippen molar-refractivity contribution in [2.75, 3.05) is 0 Å². The molecular formula is C20H19N3O2S. The van der Waals surface area contributed by atoms with Crippen LogP contribution in [0.4, 0.5) is 0 Å². The molecule has 2 aromatic heterocycles. The Labute approximate surface area is 155 Å². The molecule has 1 aromatic carbocycles. The maximum atomic E-state index is 13.2. The molecule has 5 rings (SSSR count). The number of hydrogen-bond donors (Lipinski definition) is 0. The molecule has 0 saturated carbocycles. The minimum absolute atomic E-state index is 0.148. The zero-order chi connectivity index (χ0) is 17.5. The summed E-state index contributed by atoms with van der Waals surface area (Å²) in [4.78, 5) is 23.6. The number of thiazole rings is 1. The van der Waals surface area contributed by atoms with Crippen LogP contribution >= 0.6 is 11.3 Å². The van der Waals surface area contributed by atoms with Crippen molar-refractivity contribution in [1.82, 2.24) is 14.9 Å². The van der Waals surface area contributed by atoms with Gasteiger partial charge in [0, 0.05) is 42.9 Å². The van der Waals surface area contributed by atoms with E-state index in [1.54, 1.807) is 23.7 Å². The van der Waals surface area contributed by atoms with Gasteiger partial charge in [-0.15, -0.1) is 11.3 Å². The van der Waals surface area contributed by atoms with Crippen LogP contribution in [0, 0.1) is 0 Å². The van der Waals surface area contributed by atoms with Gasteiger partial charge in [0.1, 0.15) is 11.9 Å². The van der Waals surface area contributed by atoms with E-state index in [0.717, 1.165) is 47.2 Å². The number of carbonyl (C=O) groups excluding carboxylic acids is 1. The van der Waals surface area contributed by atoms with E-state index in [-0.39, 0.29) is 24.1 Å². The highest BCUT2D eigenvalue weighted by Crippen LogP contribution is 2.38. The average Bonchev–Trinajstić information content (AvgIpc) is 3.24. The third kappa shape index (κ3) is 2.74. The van der Waals surface area contributed by atoms with Gasteiger partial charge >= 0.3 is 0 Å². The number of carbonyl (C=O) groups is 1. The molecule has 132 valence electrons. The molecule has 2 fully saturated rings. The van der Waals surface area contributed by atoms with E-state index in [4.69, 9.17) is 4.74 Å². The number of fused-ring (bicyclic) bond motifs is 3. The van der Waals surface area contributed by atoms with E-state index in [2.05, 4.69) is 14.9 Å². The van der Waals surface area contributed by atoms with Gasteiger partial charge in [-0.05, 0) is 43.2 Å². The van der Waals surface area contributed by atoms with Gasteiger partial charge in [0.2, 0.25) is 0 Å². The van der Waals surface area contributed by atoms with Crippen LogP contribution < -0.4 is 4.74 Å². The second kappa shape index (κ2) is 6.36. The lowest BCUT2D eigenvalue weighted by atomic mass is 9.98. The van der Waals surface area contributed by atoms with Crippen molar-refractivity contribution in [3.63, 3.8) is 0 Å². The summed E-state index contributed by atoms with van der Waals surface area (Å²) in [5, 5.41) is 0. The van der Waals surface area contributed by atoms with E-state index in [9.17, 15) is 4.79 Å². The van der Waals surface area contributed by atoms with Crippen LogP contribution in [-0.2, 0) is 0 Å². The summed E-state index contributed by atoms with van der Waals surface area (Å²) < 4.78 is 7.20. The van der Waals surface area contributed by atoms with Gasteiger partial charge in [-0.25, -0.2) is 4.98 Å². The van der Waals surface area contributed by atoms with Crippen molar-refractivity contribution in [2.45, 2.75) is 43.9 Å². The predicted octanol–water partition coefficient (Wildman–Crippen LogP) is 3.91. The number of nitrogens with zero attached hydrogens (tertiary/aromatic N) is 3. The highest BCUT2D eigenvalue weighted by Gasteiger charge is 2.44. The van der Waals surface area contributed by atoms with Crippen LogP contribution in [0.2, 0.25) is 0 Å². The van der Waals surface area contributed by atoms with Crippen LogP contribution in [0.1, 0.15) is 36.0 Å². The van der Waals surface area contributed by atoms with E-state index >= 15 is 0 Å². The van der Waals surface area contributed by atoms with Crippen molar-refractivity contribution in [1.29, 1.82) is 0 Å².